The molecule has 24 heavy (non-hydrogen) atoms. The van der Waals surface area contributed by atoms with Gasteiger partial charge in [-0.2, -0.15) is 10.4 Å². The molecule has 0 saturated carbocycles. The summed E-state index contributed by atoms with van der Waals surface area (Å²) in [4.78, 5) is 15.9. The number of nitriles is 1. The number of H-pyrrole nitrogens is 1. The maximum atomic E-state index is 11.7. The zero-order valence-corrected chi connectivity index (χ0v) is 13.1. The van der Waals surface area contributed by atoms with Crippen LogP contribution in [0.3, 0.4) is 0 Å². The molecular weight excluding hydrogens is 302 g/mol. The normalized spacial score (nSPS) is 10.2. The van der Waals surface area contributed by atoms with Gasteiger partial charge in [0.1, 0.15) is 6.33 Å². The van der Waals surface area contributed by atoms with Crippen LogP contribution in [0.15, 0.2) is 48.8 Å². The van der Waals surface area contributed by atoms with Crippen molar-refractivity contribution in [2.24, 2.45) is 0 Å². The summed E-state index contributed by atoms with van der Waals surface area (Å²) in [5.41, 5.74) is 3.70. The van der Waals surface area contributed by atoms with Gasteiger partial charge >= 0.3 is 0 Å². The second-order valence-electron chi connectivity index (χ2n) is 5.32. The molecule has 0 amide bonds. The van der Waals surface area contributed by atoms with E-state index in [0.29, 0.717) is 29.2 Å². The van der Waals surface area contributed by atoms with Crippen molar-refractivity contribution in [2.75, 3.05) is 5.32 Å². The zero-order valence-electron chi connectivity index (χ0n) is 13.1. The molecule has 0 fully saturated rings. The number of carbonyl (C=O) groups is 1. The van der Waals surface area contributed by atoms with Gasteiger partial charge in [0.05, 0.1) is 11.6 Å². The molecule has 0 spiro atoms. The van der Waals surface area contributed by atoms with Gasteiger partial charge in [0, 0.05) is 23.4 Å². The second-order valence-corrected chi connectivity index (χ2v) is 5.32. The lowest BCUT2D eigenvalue weighted by Gasteiger charge is -2.11. The smallest absolute Gasteiger partial charge is 0.161 e. The highest BCUT2D eigenvalue weighted by molar-refractivity contribution is 5.99. The summed E-state index contributed by atoms with van der Waals surface area (Å²) in [7, 11) is 0. The van der Waals surface area contributed by atoms with E-state index in [4.69, 9.17) is 5.26 Å². The number of carbonyl (C=O) groups excluding carboxylic acids is 1. The Labute approximate surface area is 139 Å². The third kappa shape index (κ3) is 3.31. The fourth-order valence-electron chi connectivity index (χ4n) is 2.44. The monoisotopic (exact) mass is 317 g/mol. The summed E-state index contributed by atoms with van der Waals surface area (Å²) < 4.78 is 0. The molecule has 0 saturated heterocycles. The van der Waals surface area contributed by atoms with Crippen LogP contribution in [0.5, 0.6) is 0 Å². The Morgan fingerprint density at radius 1 is 1.29 bits per heavy atom. The lowest BCUT2D eigenvalue weighted by Crippen LogP contribution is -2.05. The fraction of sp³-hybridized carbons (Fsp3) is 0.111. The Balaban J connectivity index is 1.82. The van der Waals surface area contributed by atoms with Crippen molar-refractivity contribution in [1.29, 1.82) is 5.26 Å². The number of nitrogens with one attached hydrogen (secondary N) is 2. The van der Waals surface area contributed by atoms with E-state index in [0.717, 1.165) is 11.1 Å². The topological polar surface area (TPSA) is 94.5 Å². The van der Waals surface area contributed by atoms with Crippen molar-refractivity contribution in [3.63, 3.8) is 0 Å². The first-order chi connectivity index (χ1) is 11.7. The van der Waals surface area contributed by atoms with E-state index in [-0.39, 0.29) is 5.78 Å². The van der Waals surface area contributed by atoms with Crippen LogP contribution in [-0.4, -0.2) is 21.0 Å². The molecule has 2 N–H and O–H groups in total. The maximum absolute atomic E-state index is 11.7. The average molecular weight is 317 g/mol. The molecule has 3 aromatic rings. The molecule has 0 atom stereocenters. The number of nitrogens with zero attached hydrogens (tertiary/aromatic N) is 3. The van der Waals surface area contributed by atoms with Crippen molar-refractivity contribution in [2.45, 2.75) is 13.5 Å². The molecule has 2 aromatic carbocycles. The summed E-state index contributed by atoms with van der Waals surface area (Å²) in [6.07, 6.45) is 1.47. The van der Waals surface area contributed by atoms with Crippen LogP contribution in [0, 0.1) is 11.3 Å². The molecule has 0 bridgehead atoms. The van der Waals surface area contributed by atoms with Crippen molar-refractivity contribution in [1.82, 2.24) is 15.2 Å². The molecule has 1 heterocycles. The van der Waals surface area contributed by atoms with Crippen LogP contribution in [0.4, 0.5) is 5.69 Å². The van der Waals surface area contributed by atoms with Gasteiger partial charge in [-0.05, 0) is 36.8 Å². The van der Waals surface area contributed by atoms with Gasteiger partial charge in [-0.1, -0.05) is 18.2 Å². The highest BCUT2D eigenvalue weighted by atomic mass is 16.1. The SMILES string of the molecule is CC(=O)c1ccc(C#N)cc1NCc1cccc(-c2ncn[nH]2)c1. The summed E-state index contributed by atoms with van der Waals surface area (Å²) in [5, 5.41) is 19.0. The highest BCUT2D eigenvalue weighted by Crippen LogP contribution is 2.21. The first-order valence-corrected chi connectivity index (χ1v) is 7.41. The summed E-state index contributed by atoms with van der Waals surface area (Å²) in [5.74, 6) is 0.658. The molecule has 0 aliphatic carbocycles. The van der Waals surface area contributed by atoms with E-state index < -0.39 is 0 Å². The third-order valence-electron chi connectivity index (χ3n) is 3.63. The molecule has 6 heteroatoms. The lowest BCUT2D eigenvalue weighted by molar-refractivity contribution is 0.101. The van der Waals surface area contributed by atoms with Crippen LogP contribution in [0.25, 0.3) is 11.4 Å². The molecule has 0 aliphatic heterocycles. The molecule has 1 aromatic heterocycles. The van der Waals surface area contributed by atoms with E-state index in [1.165, 1.54) is 13.3 Å². The van der Waals surface area contributed by atoms with E-state index in [1.54, 1.807) is 18.2 Å². The van der Waals surface area contributed by atoms with E-state index in [1.807, 2.05) is 24.3 Å². The minimum Gasteiger partial charge on any atom is -0.380 e. The van der Waals surface area contributed by atoms with Gasteiger partial charge in [-0.15, -0.1) is 0 Å². The number of hydrogen-bond donors (Lipinski definition) is 2. The number of rotatable bonds is 5. The molecule has 0 radical (unpaired) electrons. The fourth-order valence-corrected chi connectivity index (χ4v) is 2.44. The lowest BCUT2D eigenvalue weighted by atomic mass is 10.1. The van der Waals surface area contributed by atoms with Gasteiger partial charge in [0.15, 0.2) is 11.6 Å². The van der Waals surface area contributed by atoms with Gasteiger partial charge in [-0.3, -0.25) is 9.89 Å². The Morgan fingerprint density at radius 2 is 2.17 bits per heavy atom. The predicted octanol–water partition coefficient (Wildman–Crippen LogP) is 3.16. The van der Waals surface area contributed by atoms with Crippen molar-refractivity contribution in [3.8, 4) is 17.5 Å². The van der Waals surface area contributed by atoms with E-state index in [2.05, 4.69) is 26.6 Å². The minimum atomic E-state index is -0.0441. The van der Waals surface area contributed by atoms with E-state index in [9.17, 15) is 4.79 Å². The van der Waals surface area contributed by atoms with Crippen LogP contribution >= 0.6 is 0 Å². The number of Topliss-reactive ketones (excluding diaryl/α,β-unsaturated/α-hetero) is 1. The quantitative estimate of drug-likeness (QED) is 0.705. The molecular formula is C18H15N5O. The van der Waals surface area contributed by atoms with Gasteiger partial charge in [0.25, 0.3) is 0 Å². The number of ketones is 1. The third-order valence-corrected chi connectivity index (χ3v) is 3.63. The zero-order chi connectivity index (χ0) is 16.9. The molecule has 118 valence electrons. The first-order valence-electron chi connectivity index (χ1n) is 7.41. The average Bonchev–Trinajstić information content (AvgIpc) is 3.14. The predicted molar refractivity (Wildman–Crippen MR) is 90.3 cm³/mol. The second kappa shape index (κ2) is 6.75. The number of benzene rings is 2. The van der Waals surface area contributed by atoms with Crippen LogP contribution in [0.2, 0.25) is 0 Å². The minimum absolute atomic E-state index is 0.0441. The van der Waals surface area contributed by atoms with Gasteiger partial charge in [0.2, 0.25) is 0 Å². The Hall–Kier alpha value is -3.46. The van der Waals surface area contributed by atoms with Crippen LogP contribution < -0.4 is 5.32 Å². The van der Waals surface area contributed by atoms with Gasteiger partial charge in [-0.25, -0.2) is 4.98 Å². The molecule has 0 unspecified atom stereocenters. The van der Waals surface area contributed by atoms with Crippen molar-refractivity contribution in [3.05, 3.63) is 65.5 Å². The van der Waals surface area contributed by atoms with Crippen molar-refractivity contribution >= 4 is 11.5 Å². The van der Waals surface area contributed by atoms with Crippen molar-refractivity contribution < 1.29 is 4.79 Å². The molecule has 3 rings (SSSR count). The molecule has 6 nitrogen and oxygen atoms in total. The Bertz CT molecular complexity index is 909. The maximum Gasteiger partial charge on any atom is 0.161 e. The first kappa shape index (κ1) is 15.4. The number of aromatic amines is 1. The van der Waals surface area contributed by atoms with Gasteiger partial charge < -0.3 is 5.32 Å². The largest absolute Gasteiger partial charge is 0.380 e. The standard InChI is InChI=1S/C18H15N5O/c1-12(24)16-6-5-13(9-19)8-17(16)20-10-14-3-2-4-15(7-14)18-21-11-22-23-18/h2-8,11,20H,10H2,1H3,(H,21,22,23). The molecule has 0 aliphatic rings. The number of aromatic nitrogens is 3. The summed E-state index contributed by atoms with van der Waals surface area (Å²) in [6, 6.07) is 15.0. The Morgan fingerprint density at radius 3 is 2.88 bits per heavy atom. The summed E-state index contributed by atoms with van der Waals surface area (Å²) in [6.45, 7) is 2.04. The van der Waals surface area contributed by atoms with Crippen LogP contribution in [-0.2, 0) is 6.54 Å². The van der Waals surface area contributed by atoms with E-state index >= 15 is 0 Å². The Kier molecular flexibility index (Phi) is 4.34. The summed E-state index contributed by atoms with van der Waals surface area (Å²) >= 11 is 0. The highest BCUT2D eigenvalue weighted by Gasteiger charge is 2.09. The number of anilines is 1. The number of hydrogen-bond acceptors (Lipinski definition) is 5. The van der Waals surface area contributed by atoms with Crippen LogP contribution in [0.1, 0.15) is 28.4 Å².